The van der Waals surface area contributed by atoms with Crippen LogP contribution in [-0.2, 0) is 11.2 Å². The van der Waals surface area contributed by atoms with Gasteiger partial charge >= 0.3 is 0 Å². The first-order valence-corrected chi connectivity index (χ1v) is 11.3. The van der Waals surface area contributed by atoms with Crippen LogP contribution >= 0.6 is 23.5 Å². The molecule has 0 aliphatic carbocycles. The molecule has 0 bridgehead atoms. The highest BCUT2D eigenvalue weighted by Crippen LogP contribution is 2.35. The first-order chi connectivity index (χ1) is 13.6. The van der Waals surface area contributed by atoms with Gasteiger partial charge in [0.1, 0.15) is 5.75 Å². The second-order valence-corrected chi connectivity index (χ2v) is 9.41. The maximum absolute atomic E-state index is 13.2. The number of hydrogen-bond donors (Lipinski definition) is 0. The van der Waals surface area contributed by atoms with Gasteiger partial charge in [0.25, 0.3) is 5.56 Å². The Balaban J connectivity index is 1.69. The van der Waals surface area contributed by atoms with Gasteiger partial charge in [-0.15, -0.1) is 11.8 Å². The average Bonchev–Trinajstić information content (AvgIpc) is 3.36. The molecule has 0 unspecified atom stereocenters. The molecule has 2 aliphatic heterocycles. The number of likely N-dealkylation sites (tertiary alicyclic amines) is 1. The molecular formula is C20H23N3O3S2. The molecule has 0 saturated carbocycles. The van der Waals surface area contributed by atoms with Crippen LogP contribution in [0.4, 0.5) is 0 Å². The van der Waals surface area contributed by atoms with Gasteiger partial charge in [-0.2, -0.15) is 0 Å². The summed E-state index contributed by atoms with van der Waals surface area (Å²) in [7, 11) is 1.61. The van der Waals surface area contributed by atoms with Crippen molar-refractivity contribution in [2.75, 3.05) is 26.0 Å². The van der Waals surface area contributed by atoms with Crippen molar-refractivity contribution in [2.24, 2.45) is 0 Å². The maximum Gasteiger partial charge on any atom is 0.272 e. The van der Waals surface area contributed by atoms with Crippen molar-refractivity contribution in [1.82, 2.24) is 14.5 Å². The van der Waals surface area contributed by atoms with Crippen LogP contribution in [0.1, 0.15) is 25.5 Å². The maximum atomic E-state index is 13.2. The zero-order valence-corrected chi connectivity index (χ0v) is 17.6. The van der Waals surface area contributed by atoms with Crippen LogP contribution in [0.3, 0.4) is 0 Å². The van der Waals surface area contributed by atoms with E-state index in [1.54, 1.807) is 23.4 Å². The fourth-order valence-electron chi connectivity index (χ4n) is 3.54. The summed E-state index contributed by atoms with van der Waals surface area (Å²) in [6.07, 6.45) is 2.92. The number of carbonyl (C=O) groups is 1. The largest absolute Gasteiger partial charge is 0.497 e. The smallest absolute Gasteiger partial charge is 0.272 e. The second kappa shape index (κ2) is 8.21. The fraction of sp³-hybridized carbons (Fsp3) is 0.450. The van der Waals surface area contributed by atoms with Crippen LogP contribution in [0.2, 0.25) is 0 Å². The minimum Gasteiger partial charge on any atom is -0.497 e. The van der Waals surface area contributed by atoms with Gasteiger partial charge in [0.2, 0.25) is 5.91 Å². The number of methoxy groups -OCH3 is 1. The normalized spacial score (nSPS) is 18.4. The van der Waals surface area contributed by atoms with Gasteiger partial charge in [0, 0.05) is 24.8 Å². The average molecular weight is 418 g/mol. The third-order valence-electron chi connectivity index (χ3n) is 5.00. The molecule has 2 aromatic rings. The number of benzene rings is 1. The number of fused-ring (bicyclic) bond motifs is 1. The van der Waals surface area contributed by atoms with E-state index in [1.807, 2.05) is 29.2 Å². The molecule has 3 heterocycles. The van der Waals surface area contributed by atoms with Crippen LogP contribution < -0.4 is 10.3 Å². The third-order valence-corrected chi connectivity index (χ3v) is 7.13. The summed E-state index contributed by atoms with van der Waals surface area (Å²) in [5, 5.41) is 0.919. The minimum atomic E-state index is -0.0550. The van der Waals surface area contributed by atoms with Gasteiger partial charge in [0.15, 0.2) is 5.16 Å². The van der Waals surface area contributed by atoms with E-state index in [4.69, 9.17) is 9.72 Å². The van der Waals surface area contributed by atoms with Gasteiger partial charge in [-0.1, -0.05) is 18.7 Å². The number of thioether (sulfide) groups is 2. The van der Waals surface area contributed by atoms with Crippen LogP contribution in [0.5, 0.6) is 5.75 Å². The summed E-state index contributed by atoms with van der Waals surface area (Å²) in [5.74, 6) is 1.14. The molecular weight excluding hydrogens is 394 g/mol. The molecule has 1 fully saturated rings. The predicted molar refractivity (Wildman–Crippen MR) is 112 cm³/mol. The van der Waals surface area contributed by atoms with Crippen LogP contribution in [0.15, 0.2) is 39.1 Å². The monoisotopic (exact) mass is 417 g/mol. The Morgan fingerprint density at radius 3 is 2.68 bits per heavy atom. The van der Waals surface area contributed by atoms with Crippen molar-refractivity contribution < 1.29 is 9.53 Å². The van der Waals surface area contributed by atoms with Gasteiger partial charge in [-0.05, 0) is 37.1 Å². The second-order valence-electron chi connectivity index (χ2n) is 7.02. The predicted octanol–water partition coefficient (Wildman–Crippen LogP) is 2.99. The van der Waals surface area contributed by atoms with Gasteiger partial charge in [0.05, 0.1) is 29.1 Å². The molecule has 1 aromatic heterocycles. The Kier molecular flexibility index (Phi) is 5.68. The van der Waals surface area contributed by atoms with Crippen molar-refractivity contribution in [3.8, 4) is 11.4 Å². The summed E-state index contributed by atoms with van der Waals surface area (Å²) in [4.78, 5) is 33.1. The number of rotatable bonds is 5. The Morgan fingerprint density at radius 1 is 1.29 bits per heavy atom. The highest BCUT2D eigenvalue weighted by atomic mass is 32.2. The molecule has 1 atom stereocenters. The van der Waals surface area contributed by atoms with Crippen LogP contribution in [0.25, 0.3) is 5.69 Å². The van der Waals surface area contributed by atoms with Gasteiger partial charge < -0.3 is 9.64 Å². The SMILES string of the molecule is COc1ccc(-n2c(SCC(=O)N3CCCC3)nc3c(c2=O)S[C@H](C)C3)cc1. The van der Waals surface area contributed by atoms with Crippen molar-refractivity contribution >= 4 is 29.4 Å². The molecule has 2 aliphatic rings. The van der Waals surface area contributed by atoms with Crippen molar-refractivity contribution in [2.45, 2.75) is 41.5 Å². The molecule has 1 saturated heterocycles. The highest BCUT2D eigenvalue weighted by Gasteiger charge is 2.27. The Morgan fingerprint density at radius 2 is 2.00 bits per heavy atom. The standard InChI is InChI=1S/C20H23N3O3S2/c1-13-11-16-18(28-13)19(25)23(14-5-7-15(26-2)8-6-14)20(21-16)27-12-17(24)22-9-3-4-10-22/h5-8,13H,3-4,9-12H2,1-2H3/t13-/m1/s1. The molecule has 28 heavy (non-hydrogen) atoms. The van der Waals surface area contributed by atoms with E-state index in [-0.39, 0.29) is 11.5 Å². The number of amides is 1. The summed E-state index contributed by atoms with van der Waals surface area (Å²) in [6, 6.07) is 7.36. The van der Waals surface area contributed by atoms with Gasteiger partial charge in [-0.3, -0.25) is 14.2 Å². The summed E-state index contributed by atoms with van der Waals surface area (Å²) in [5.41, 5.74) is 1.53. The summed E-state index contributed by atoms with van der Waals surface area (Å²) >= 11 is 2.93. The fourth-order valence-corrected chi connectivity index (χ4v) is 5.57. The molecule has 8 heteroatoms. The lowest BCUT2D eigenvalue weighted by Gasteiger charge is -2.17. The minimum absolute atomic E-state index is 0.0550. The van der Waals surface area contributed by atoms with E-state index >= 15 is 0 Å². The van der Waals surface area contributed by atoms with E-state index in [1.165, 1.54) is 11.8 Å². The lowest BCUT2D eigenvalue weighted by molar-refractivity contribution is -0.127. The number of hydrogen-bond acceptors (Lipinski definition) is 6. The lowest BCUT2D eigenvalue weighted by atomic mass is 10.2. The number of aromatic nitrogens is 2. The van der Waals surface area contributed by atoms with E-state index in [9.17, 15) is 9.59 Å². The zero-order chi connectivity index (χ0) is 19.7. The van der Waals surface area contributed by atoms with Crippen LogP contribution in [0, 0.1) is 0 Å². The van der Waals surface area contributed by atoms with Crippen molar-refractivity contribution in [3.05, 3.63) is 40.3 Å². The van der Waals surface area contributed by atoms with Crippen molar-refractivity contribution in [1.29, 1.82) is 0 Å². The Labute approximate surface area is 172 Å². The lowest BCUT2D eigenvalue weighted by Crippen LogP contribution is -2.30. The molecule has 0 spiro atoms. The number of nitrogens with zero attached hydrogens (tertiary/aromatic N) is 3. The first kappa shape index (κ1) is 19.4. The molecule has 1 amide bonds. The van der Waals surface area contributed by atoms with Crippen LogP contribution in [-0.4, -0.2) is 51.6 Å². The topological polar surface area (TPSA) is 64.4 Å². The first-order valence-electron chi connectivity index (χ1n) is 9.44. The quantitative estimate of drug-likeness (QED) is 0.551. The Bertz CT molecular complexity index is 937. The highest BCUT2D eigenvalue weighted by molar-refractivity contribution is 8.00. The third kappa shape index (κ3) is 3.80. The van der Waals surface area contributed by atoms with E-state index in [0.29, 0.717) is 16.2 Å². The molecule has 4 rings (SSSR count). The Hall–Kier alpha value is -1.93. The number of carbonyl (C=O) groups excluding carboxylic acids is 1. The van der Waals surface area contributed by atoms with E-state index in [0.717, 1.165) is 54.4 Å². The van der Waals surface area contributed by atoms with Crippen molar-refractivity contribution in [3.63, 3.8) is 0 Å². The summed E-state index contributed by atoms with van der Waals surface area (Å²) < 4.78 is 6.86. The molecule has 1 aromatic carbocycles. The van der Waals surface area contributed by atoms with E-state index in [2.05, 4.69) is 6.92 Å². The molecule has 0 N–H and O–H groups in total. The molecule has 148 valence electrons. The molecule has 6 nitrogen and oxygen atoms in total. The molecule has 0 radical (unpaired) electrons. The summed E-state index contributed by atoms with van der Waals surface area (Å²) in [6.45, 7) is 3.76. The zero-order valence-electron chi connectivity index (χ0n) is 16.0. The number of ether oxygens (including phenoxy) is 1. The van der Waals surface area contributed by atoms with E-state index < -0.39 is 0 Å². The van der Waals surface area contributed by atoms with Gasteiger partial charge in [-0.25, -0.2) is 4.98 Å².